The molecule has 0 aliphatic carbocycles. The summed E-state index contributed by atoms with van der Waals surface area (Å²) in [7, 11) is 0. The summed E-state index contributed by atoms with van der Waals surface area (Å²) in [6.45, 7) is 0.738. The molecule has 1 unspecified atom stereocenters. The van der Waals surface area contributed by atoms with Gasteiger partial charge in [0, 0.05) is 11.1 Å². The molecule has 0 radical (unpaired) electrons. The maximum Gasteiger partial charge on any atom is 0.0471 e. The Morgan fingerprint density at radius 3 is 2.64 bits per heavy atom. The van der Waals surface area contributed by atoms with E-state index in [1.807, 2.05) is 18.2 Å². The predicted octanol–water partition coefficient (Wildman–Crippen LogP) is 1.95. The Bertz CT molecular complexity index is 274. The normalized spacial score (nSPS) is 12.8. The van der Waals surface area contributed by atoms with Crippen LogP contribution in [-0.4, -0.2) is 18.3 Å². The lowest BCUT2D eigenvalue weighted by Gasteiger charge is -2.11. The average Bonchev–Trinajstić information content (AvgIpc) is 2.22. The molecular weight excluding hydrogens is 242 g/mol. The van der Waals surface area contributed by atoms with Crippen molar-refractivity contribution >= 4 is 15.9 Å². The molecule has 0 heterocycles. The zero-order valence-electron chi connectivity index (χ0n) is 8.12. The monoisotopic (exact) mass is 257 g/mol. The van der Waals surface area contributed by atoms with Gasteiger partial charge in [0.05, 0.1) is 0 Å². The summed E-state index contributed by atoms with van der Waals surface area (Å²) >= 11 is 3.50. The topological polar surface area (TPSA) is 46.2 Å². The van der Waals surface area contributed by atoms with Gasteiger partial charge in [0.15, 0.2) is 0 Å². The van der Waals surface area contributed by atoms with E-state index in [0.717, 1.165) is 17.3 Å². The smallest absolute Gasteiger partial charge is 0.0471 e. The van der Waals surface area contributed by atoms with E-state index >= 15 is 0 Å². The number of halogens is 1. The number of nitrogens with two attached hydrogens (primary N) is 1. The van der Waals surface area contributed by atoms with Crippen LogP contribution in [0.5, 0.6) is 0 Å². The van der Waals surface area contributed by atoms with E-state index in [0.29, 0.717) is 6.54 Å². The highest BCUT2D eigenvalue weighted by molar-refractivity contribution is 9.10. The maximum atomic E-state index is 8.98. The van der Waals surface area contributed by atoms with Crippen molar-refractivity contribution in [3.63, 3.8) is 0 Å². The molecule has 3 N–H and O–H groups in total. The fraction of sp³-hybridized carbons (Fsp3) is 0.455. The van der Waals surface area contributed by atoms with E-state index in [-0.39, 0.29) is 12.5 Å². The summed E-state index contributed by atoms with van der Waals surface area (Å²) in [6, 6.07) is 8.15. The molecule has 0 bridgehead atoms. The van der Waals surface area contributed by atoms with Crippen molar-refractivity contribution in [2.75, 3.05) is 13.2 Å². The lowest BCUT2D eigenvalue weighted by atomic mass is 10.0. The fourth-order valence-electron chi connectivity index (χ4n) is 1.34. The summed E-state index contributed by atoms with van der Waals surface area (Å²) in [5.74, 6) is 0.224. The lowest BCUT2D eigenvalue weighted by Crippen LogP contribution is -2.18. The zero-order chi connectivity index (χ0) is 10.4. The summed E-state index contributed by atoms with van der Waals surface area (Å²) < 4.78 is 1.13. The first-order valence-electron chi connectivity index (χ1n) is 4.82. The standard InChI is InChI=1S/C11H16BrNO/c12-11-4-2-1-3-10(11)6-5-9(7-13)8-14/h1-4,9,14H,5-8,13H2. The summed E-state index contributed by atoms with van der Waals surface area (Å²) in [6.07, 6.45) is 1.90. The number of rotatable bonds is 5. The van der Waals surface area contributed by atoms with Gasteiger partial charge in [-0.05, 0) is 36.9 Å². The van der Waals surface area contributed by atoms with Crippen molar-refractivity contribution < 1.29 is 5.11 Å². The number of aliphatic hydroxyl groups is 1. The molecule has 14 heavy (non-hydrogen) atoms. The molecule has 1 rings (SSSR count). The molecule has 1 atom stereocenters. The highest BCUT2D eigenvalue weighted by atomic mass is 79.9. The second-order valence-electron chi connectivity index (χ2n) is 3.41. The highest BCUT2D eigenvalue weighted by Crippen LogP contribution is 2.18. The van der Waals surface area contributed by atoms with Gasteiger partial charge in [-0.15, -0.1) is 0 Å². The Hall–Kier alpha value is -0.380. The van der Waals surface area contributed by atoms with Gasteiger partial charge in [0.1, 0.15) is 0 Å². The largest absolute Gasteiger partial charge is 0.396 e. The number of aliphatic hydroxyl groups excluding tert-OH is 1. The molecule has 1 aromatic rings. The van der Waals surface area contributed by atoms with Crippen LogP contribution in [0.3, 0.4) is 0 Å². The van der Waals surface area contributed by atoms with Gasteiger partial charge in [-0.25, -0.2) is 0 Å². The van der Waals surface area contributed by atoms with Crippen molar-refractivity contribution in [3.8, 4) is 0 Å². The van der Waals surface area contributed by atoms with Crippen LogP contribution in [0.25, 0.3) is 0 Å². The van der Waals surface area contributed by atoms with Crippen LogP contribution in [0, 0.1) is 5.92 Å². The van der Waals surface area contributed by atoms with Crippen LogP contribution in [0.1, 0.15) is 12.0 Å². The number of hydrogen-bond acceptors (Lipinski definition) is 2. The maximum absolute atomic E-state index is 8.98. The minimum Gasteiger partial charge on any atom is -0.396 e. The Labute approximate surface area is 93.3 Å². The molecule has 0 saturated carbocycles. The Morgan fingerprint density at radius 1 is 1.36 bits per heavy atom. The van der Waals surface area contributed by atoms with Gasteiger partial charge in [0.2, 0.25) is 0 Å². The van der Waals surface area contributed by atoms with Crippen LogP contribution >= 0.6 is 15.9 Å². The molecule has 2 nitrogen and oxygen atoms in total. The quantitative estimate of drug-likeness (QED) is 0.847. The van der Waals surface area contributed by atoms with Crippen LogP contribution < -0.4 is 5.73 Å². The van der Waals surface area contributed by atoms with Crippen molar-refractivity contribution in [3.05, 3.63) is 34.3 Å². The molecule has 0 fully saturated rings. The second kappa shape index (κ2) is 6.17. The SMILES string of the molecule is NCC(CO)CCc1ccccc1Br. The van der Waals surface area contributed by atoms with E-state index in [1.165, 1.54) is 5.56 Å². The minimum absolute atomic E-state index is 0.182. The van der Waals surface area contributed by atoms with Crippen LogP contribution in [0.4, 0.5) is 0 Å². The number of aryl methyl sites for hydroxylation is 1. The fourth-order valence-corrected chi connectivity index (χ4v) is 1.83. The number of hydrogen-bond donors (Lipinski definition) is 2. The third-order valence-corrected chi connectivity index (χ3v) is 3.14. The van der Waals surface area contributed by atoms with E-state index in [9.17, 15) is 0 Å². The first-order valence-corrected chi connectivity index (χ1v) is 5.61. The van der Waals surface area contributed by atoms with Gasteiger partial charge in [0.25, 0.3) is 0 Å². The molecule has 1 aromatic carbocycles. The first kappa shape index (κ1) is 11.7. The van der Waals surface area contributed by atoms with E-state index < -0.39 is 0 Å². The van der Waals surface area contributed by atoms with E-state index in [4.69, 9.17) is 10.8 Å². The molecule has 78 valence electrons. The molecule has 0 aliphatic rings. The Morgan fingerprint density at radius 2 is 2.07 bits per heavy atom. The molecule has 0 spiro atoms. The number of benzene rings is 1. The third-order valence-electron chi connectivity index (χ3n) is 2.37. The molecule has 0 aromatic heterocycles. The van der Waals surface area contributed by atoms with E-state index in [2.05, 4.69) is 22.0 Å². The van der Waals surface area contributed by atoms with Crippen molar-refractivity contribution in [2.24, 2.45) is 11.7 Å². The molecule has 0 amide bonds. The Kier molecular flexibility index (Phi) is 5.15. The summed E-state index contributed by atoms with van der Waals surface area (Å²) in [5.41, 5.74) is 6.79. The molecular formula is C11H16BrNO. The van der Waals surface area contributed by atoms with Gasteiger partial charge in [-0.2, -0.15) is 0 Å². The van der Waals surface area contributed by atoms with Gasteiger partial charge >= 0.3 is 0 Å². The van der Waals surface area contributed by atoms with Gasteiger partial charge in [-0.3, -0.25) is 0 Å². The van der Waals surface area contributed by atoms with Crippen LogP contribution in [0.2, 0.25) is 0 Å². The predicted molar refractivity (Wildman–Crippen MR) is 62.1 cm³/mol. The molecule has 3 heteroatoms. The van der Waals surface area contributed by atoms with Crippen molar-refractivity contribution in [1.82, 2.24) is 0 Å². The highest BCUT2D eigenvalue weighted by Gasteiger charge is 2.06. The Balaban J connectivity index is 2.49. The lowest BCUT2D eigenvalue weighted by molar-refractivity contribution is 0.223. The zero-order valence-corrected chi connectivity index (χ0v) is 9.70. The van der Waals surface area contributed by atoms with Gasteiger partial charge < -0.3 is 10.8 Å². The summed E-state index contributed by atoms with van der Waals surface area (Å²) in [4.78, 5) is 0. The van der Waals surface area contributed by atoms with Crippen molar-refractivity contribution in [2.45, 2.75) is 12.8 Å². The average molecular weight is 258 g/mol. The van der Waals surface area contributed by atoms with Crippen LogP contribution in [0.15, 0.2) is 28.7 Å². The van der Waals surface area contributed by atoms with Crippen LogP contribution in [-0.2, 0) is 6.42 Å². The summed E-state index contributed by atoms with van der Waals surface area (Å²) in [5, 5.41) is 8.98. The van der Waals surface area contributed by atoms with Gasteiger partial charge in [-0.1, -0.05) is 34.1 Å². The third kappa shape index (κ3) is 3.40. The second-order valence-corrected chi connectivity index (χ2v) is 4.27. The van der Waals surface area contributed by atoms with E-state index in [1.54, 1.807) is 0 Å². The first-order chi connectivity index (χ1) is 6.77. The van der Waals surface area contributed by atoms with Crippen molar-refractivity contribution in [1.29, 1.82) is 0 Å². The molecule has 0 aliphatic heterocycles. The minimum atomic E-state index is 0.182. The molecule has 0 saturated heterocycles.